The van der Waals surface area contributed by atoms with Gasteiger partial charge >= 0.3 is 5.69 Å². The maximum Gasteiger partial charge on any atom is 0.329 e. The minimum absolute atomic E-state index is 0.152. The number of H-pyrrole nitrogens is 1. The normalized spacial score (nSPS) is 10.9. The van der Waals surface area contributed by atoms with Crippen LogP contribution >= 0.6 is 11.6 Å². The van der Waals surface area contributed by atoms with Crippen molar-refractivity contribution in [3.63, 3.8) is 0 Å². The molecular formula is C13H17ClN4O2. The molecule has 0 aromatic carbocycles. The molecule has 0 spiro atoms. The first-order valence-corrected chi connectivity index (χ1v) is 6.90. The summed E-state index contributed by atoms with van der Waals surface area (Å²) in [7, 11) is 1.83. The molecule has 6 nitrogen and oxygen atoms in total. The van der Waals surface area contributed by atoms with Crippen LogP contribution in [0.3, 0.4) is 0 Å². The number of nitrogens with zero attached hydrogens (tertiary/aromatic N) is 3. The molecule has 0 fully saturated rings. The zero-order valence-corrected chi connectivity index (χ0v) is 12.3. The summed E-state index contributed by atoms with van der Waals surface area (Å²) < 4.78 is 2.92. The van der Waals surface area contributed by atoms with E-state index in [2.05, 4.69) is 10.1 Å². The molecule has 108 valence electrons. The van der Waals surface area contributed by atoms with Crippen LogP contribution in [-0.4, -0.2) is 19.3 Å². The Morgan fingerprint density at radius 2 is 2.10 bits per heavy atom. The topological polar surface area (TPSA) is 72.7 Å². The van der Waals surface area contributed by atoms with E-state index in [1.807, 2.05) is 20.0 Å². The predicted octanol–water partition coefficient (Wildman–Crippen LogP) is 1.12. The highest BCUT2D eigenvalue weighted by Crippen LogP contribution is 2.08. The molecule has 2 aromatic rings. The number of aryl methyl sites for hydroxylation is 2. The second kappa shape index (κ2) is 6.09. The lowest BCUT2D eigenvalue weighted by molar-refractivity contribution is 0.589. The molecule has 0 unspecified atom stereocenters. The molecular weight excluding hydrogens is 280 g/mol. The molecule has 2 heterocycles. The van der Waals surface area contributed by atoms with Crippen LogP contribution in [0.4, 0.5) is 0 Å². The molecule has 0 radical (unpaired) electrons. The Morgan fingerprint density at radius 3 is 2.70 bits per heavy atom. The number of hydrogen-bond acceptors (Lipinski definition) is 3. The van der Waals surface area contributed by atoms with Crippen LogP contribution in [0.5, 0.6) is 0 Å². The number of nitrogens with one attached hydrogen (secondary N) is 1. The molecule has 0 aliphatic rings. The van der Waals surface area contributed by atoms with E-state index in [1.54, 1.807) is 10.9 Å². The minimum Gasteiger partial charge on any atom is -0.297 e. The average molecular weight is 297 g/mol. The van der Waals surface area contributed by atoms with Crippen molar-refractivity contribution in [2.45, 2.75) is 32.7 Å². The van der Waals surface area contributed by atoms with Gasteiger partial charge in [-0.05, 0) is 12.5 Å². The number of hydrogen-bond donors (Lipinski definition) is 1. The quantitative estimate of drug-likeness (QED) is 0.840. The van der Waals surface area contributed by atoms with Crippen LogP contribution in [-0.2, 0) is 26.4 Å². The summed E-state index contributed by atoms with van der Waals surface area (Å²) >= 11 is 5.93. The molecule has 0 bridgehead atoms. The Balaban J connectivity index is 2.32. The molecule has 0 atom stereocenters. The molecule has 0 saturated heterocycles. The zero-order chi connectivity index (χ0) is 14.7. The summed E-state index contributed by atoms with van der Waals surface area (Å²) in [5, 5.41) is 4.21. The lowest BCUT2D eigenvalue weighted by atomic mass is 10.2. The van der Waals surface area contributed by atoms with E-state index in [9.17, 15) is 9.59 Å². The van der Waals surface area contributed by atoms with Gasteiger partial charge in [0.05, 0.1) is 5.56 Å². The van der Waals surface area contributed by atoms with E-state index in [0.717, 1.165) is 12.1 Å². The van der Waals surface area contributed by atoms with Crippen LogP contribution in [0.2, 0.25) is 5.15 Å². The van der Waals surface area contributed by atoms with Gasteiger partial charge in [0.15, 0.2) is 0 Å². The lowest BCUT2D eigenvalue weighted by Gasteiger charge is -2.08. The van der Waals surface area contributed by atoms with Crippen molar-refractivity contribution in [2.24, 2.45) is 7.05 Å². The fourth-order valence-corrected chi connectivity index (χ4v) is 2.38. The van der Waals surface area contributed by atoms with Gasteiger partial charge in [-0.15, -0.1) is 0 Å². The van der Waals surface area contributed by atoms with Crippen molar-refractivity contribution in [1.82, 2.24) is 19.3 Å². The molecule has 0 amide bonds. The first-order valence-electron chi connectivity index (χ1n) is 6.53. The first-order chi connectivity index (χ1) is 9.54. The fraction of sp³-hybridized carbons (Fsp3) is 0.462. The molecule has 20 heavy (non-hydrogen) atoms. The zero-order valence-electron chi connectivity index (χ0n) is 11.5. The summed E-state index contributed by atoms with van der Waals surface area (Å²) in [6.07, 6.45) is 3.60. The molecule has 7 heteroatoms. The minimum atomic E-state index is -0.470. The molecule has 1 N–H and O–H groups in total. The van der Waals surface area contributed by atoms with Crippen molar-refractivity contribution in [3.05, 3.63) is 49.5 Å². The molecule has 2 rings (SSSR count). The number of aromatic nitrogens is 4. The highest BCUT2D eigenvalue weighted by Gasteiger charge is 2.12. The maximum atomic E-state index is 12.3. The first kappa shape index (κ1) is 14.6. The highest BCUT2D eigenvalue weighted by atomic mass is 35.5. The summed E-state index contributed by atoms with van der Waals surface area (Å²) in [5.74, 6) is 0. The van der Waals surface area contributed by atoms with Gasteiger partial charge in [0, 0.05) is 31.9 Å². The number of rotatable bonds is 5. The van der Waals surface area contributed by atoms with Crippen LogP contribution in [0.1, 0.15) is 24.6 Å². The third-order valence-electron chi connectivity index (χ3n) is 3.24. The fourth-order valence-electron chi connectivity index (χ4n) is 2.13. The van der Waals surface area contributed by atoms with Crippen LogP contribution in [0.25, 0.3) is 0 Å². The Morgan fingerprint density at radius 1 is 1.35 bits per heavy atom. The summed E-state index contributed by atoms with van der Waals surface area (Å²) in [6.45, 7) is 2.27. The van der Waals surface area contributed by atoms with Gasteiger partial charge < -0.3 is 0 Å². The molecule has 0 saturated carbocycles. The summed E-state index contributed by atoms with van der Waals surface area (Å²) in [5.41, 5.74) is 0.659. The van der Waals surface area contributed by atoms with Crippen molar-refractivity contribution < 1.29 is 0 Å². The van der Waals surface area contributed by atoms with E-state index in [-0.39, 0.29) is 10.7 Å². The van der Waals surface area contributed by atoms with E-state index >= 15 is 0 Å². The Bertz CT molecular complexity index is 714. The van der Waals surface area contributed by atoms with Crippen molar-refractivity contribution in [2.75, 3.05) is 0 Å². The Kier molecular flexibility index (Phi) is 4.44. The monoisotopic (exact) mass is 296 g/mol. The van der Waals surface area contributed by atoms with Gasteiger partial charge in [-0.3, -0.25) is 19.0 Å². The second-order valence-electron chi connectivity index (χ2n) is 4.63. The van der Waals surface area contributed by atoms with Gasteiger partial charge in [-0.1, -0.05) is 24.9 Å². The SMILES string of the molecule is CCCc1c(Cl)[nH]c(=O)n(CCc2ccnn2C)c1=O. The maximum absolute atomic E-state index is 12.3. The number of halogens is 1. The van der Waals surface area contributed by atoms with Gasteiger partial charge in [0.2, 0.25) is 0 Å². The van der Waals surface area contributed by atoms with Gasteiger partial charge in [-0.2, -0.15) is 5.10 Å². The van der Waals surface area contributed by atoms with Crippen molar-refractivity contribution >= 4 is 11.6 Å². The van der Waals surface area contributed by atoms with Gasteiger partial charge in [-0.25, -0.2) is 4.79 Å². The molecule has 2 aromatic heterocycles. The third kappa shape index (κ3) is 2.85. The molecule has 0 aliphatic carbocycles. The largest absolute Gasteiger partial charge is 0.329 e. The smallest absolute Gasteiger partial charge is 0.297 e. The van der Waals surface area contributed by atoms with Gasteiger partial charge in [0.1, 0.15) is 5.15 Å². The van der Waals surface area contributed by atoms with Crippen LogP contribution in [0.15, 0.2) is 21.9 Å². The summed E-state index contributed by atoms with van der Waals surface area (Å²) in [4.78, 5) is 26.7. The average Bonchev–Trinajstić information content (AvgIpc) is 2.80. The van der Waals surface area contributed by atoms with Crippen molar-refractivity contribution in [3.8, 4) is 0 Å². The third-order valence-corrected chi connectivity index (χ3v) is 3.57. The Labute approximate surface area is 121 Å². The van der Waals surface area contributed by atoms with Crippen LogP contribution < -0.4 is 11.2 Å². The molecule has 0 aliphatic heterocycles. The predicted molar refractivity (Wildman–Crippen MR) is 77.2 cm³/mol. The standard InChI is InChI=1S/C13H17ClN4O2/c1-3-4-10-11(14)16-13(20)18(12(10)19)8-6-9-5-7-15-17(9)2/h5,7H,3-4,6,8H2,1-2H3,(H,16,20). The Hall–Kier alpha value is -1.82. The number of aromatic amines is 1. The lowest BCUT2D eigenvalue weighted by Crippen LogP contribution is -2.38. The van der Waals surface area contributed by atoms with Crippen LogP contribution in [0, 0.1) is 0 Å². The van der Waals surface area contributed by atoms with E-state index < -0.39 is 5.69 Å². The van der Waals surface area contributed by atoms with E-state index in [1.165, 1.54) is 4.57 Å². The summed E-state index contributed by atoms with van der Waals surface area (Å²) in [6, 6.07) is 1.86. The highest BCUT2D eigenvalue weighted by molar-refractivity contribution is 6.30. The van der Waals surface area contributed by atoms with E-state index in [0.29, 0.717) is 24.9 Å². The van der Waals surface area contributed by atoms with Gasteiger partial charge in [0.25, 0.3) is 5.56 Å². The second-order valence-corrected chi connectivity index (χ2v) is 5.00. The van der Waals surface area contributed by atoms with E-state index in [4.69, 9.17) is 11.6 Å². The van der Waals surface area contributed by atoms with Crippen molar-refractivity contribution in [1.29, 1.82) is 0 Å².